The molecule has 1 aliphatic heterocycles. The molecule has 25 heteroatoms. The maximum Gasteiger partial charge on any atom is 1.00 e. The van der Waals surface area contributed by atoms with Crippen molar-refractivity contribution in [3.05, 3.63) is 144 Å². The molecule has 1 saturated heterocycles. The van der Waals surface area contributed by atoms with Gasteiger partial charge in [0.1, 0.15) is 48.5 Å². The molecule has 9 aromatic rings. The summed E-state index contributed by atoms with van der Waals surface area (Å²) in [5.41, 5.74) is 16.8. The van der Waals surface area contributed by atoms with Crippen molar-refractivity contribution in [3.63, 3.8) is 0 Å². The molecule has 3 aromatic heterocycles. The third-order valence-electron chi connectivity index (χ3n) is 14.4. The van der Waals surface area contributed by atoms with E-state index in [4.69, 9.17) is 24.7 Å². The summed E-state index contributed by atoms with van der Waals surface area (Å²) in [6.45, 7) is 24.3. The number of hydrogen-bond donors (Lipinski definition) is 4. The molecule has 5 amide bonds. The van der Waals surface area contributed by atoms with E-state index in [-0.39, 0.29) is 83.5 Å². The number of rotatable bonds is 20. The van der Waals surface area contributed by atoms with Crippen molar-refractivity contribution < 1.29 is 109 Å². The summed E-state index contributed by atoms with van der Waals surface area (Å²) < 4.78 is 32.4. The van der Waals surface area contributed by atoms with Gasteiger partial charge in [0.2, 0.25) is 6.08 Å². The Hall–Kier alpha value is -10.3. The first-order chi connectivity index (χ1) is 47.1. The third-order valence-corrected chi connectivity index (χ3v) is 14.4. The van der Waals surface area contributed by atoms with Crippen LogP contribution in [0.4, 0.5) is 26.7 Å². The maximum absolute atomic E-state index is 12.0. The second-order valence-corrected chi connectivity index (χ2v) is 22.1. The predicted molar refractivity (Wildman–Crippen MR) is 375 cm³/mol. The number of urea groups is 2. The molecule has 6 aromatic carbocycles. The minimum atomic E-state index is -0.750. The average Bonchev–Trinajstić information content (AvgIpc) is 1.62. The van der Waals surface area contributed by atoms with Crippen LogP contribution in [0.15, 0.2) is 132 Å². The number of isocyanates is 1. The summed E-state index contributed by atoms with van der Waals surface area (Å²) in [6.07, 6.45) is 1.23. The number of benzene rings is 6. The van der Waals surface area contributed by atoms with Crippen molar-refractivity contribution in [2.75, 3.05) is 68.6 Å². The van der Waals surface area contributed by atoms with Gasteiger partial charge in [-0.15, -0.1) is 5.60 Å². The van der Waals surface area contributed by atoms with Gasteiger partial charge in [-0.25, -0.2) is 19.3 Å². The second-order valence-electron chi connectivity index (χ2n) is 22.1. The zero-order valence-corrected chi connectivity index (χ0v) is 61.1. The zero-order valence-electron chi connectivity index (χ0n) is 58.0. The number of nitrogens with two attached hydrogens (primary N) is 1. The topological polar surface area (TPSA) is 336 Å². The van der Waals surface area contributed by atoms with E-state index in [0.29, 0.717) is 73.3 Å². The first-order valence-corrected chi connectivity index (χ1v) is 32.0. The van der Waals surface area contributed by atoms with Gasteiger partial charge < -0.3 is 64.2 Å². The van der Waals surface area contributed by atoms with E-state index in [9.17, 15) is 49.7 Å². The molecule has 510 valence electrons. The summed E-state index contributed by atoms with van der Waals surface area (Å²) in [5.74, 6) is 1.06. The first kappa shape index (κ1) is 79.4. The van der Waals surface area contributed by atoms with Crippen LogP contribution >= 0.6 is 0 Å². The van der Waals surface area contributed by atoms with E-state index in [0.717, 1.165) is 95.2 Å². The van der Waals surface area contributed by atoms with Crippen molar-refractivity contribution >= 4 is 85.8 Å². The number of aliphatic imine (C=N–C) groups is 1. The van der Waals surface area contributed by atoms with Gasteiger partial charge in [-0.2, -0.15) is 20.8 Å². The molecule has 0 radical (unpaired) electrons. The van der Waals surface area contributed by atoms with Crippen molar-refractivity contribution in [2.45, 2.75) is 101 Å². The van der Waals surface area contributed by atoms with Crippen molar-refractivity contribution in [2.24, 2.45) is 4.99 Å². The van der Waals surface area contributed by atoms with Crippen molar-refractivity contribution in [1.82, 2.24) is 24.3 Å². The van der Waals surface area contributed by atoms with Gasteiger partial charge in [0.25, 0.3) is 5.91 Å². The Morgan fingerprint density at radius 1 is 0.576 bits per heavy atom. The average molecular weight is 1370 g/mol. The number of aryl methyl sites for hydroxylation is 3. The molecule has 0 spiro atoms. The number of esters is 2. The first-order valence-electron chi connectivity index (χ1n) is 32.0. The molecule has 99 heavy (non-hydrogen) atoms. The smallest absolute Gasteiger partial charge is 0.850 e. The number of nitrogens with zero attached hydrogens (tertiary/aromatic N) is 8. The number of fused-ring (bicyclic) bond motifs is 3. The fourth-order valence-corrected chi connectivity index (χ4v) is 10.6. The number of hydrogen-bond acceptors (Lipinski definition) is 17. The summed E-state index contributed by atoms with van der Waals surface area (Å²) in [7, 11) is 0. The Bertz CT molecular complexity index is 4450. The summed E-state index contributed by atoms with van der Waals surface area (Å²) in [6, 6.07) is 45.4. The number of nitrogens with one attached hydrogen (secondary N) is 3. The van der Waals surface area contributed by atoms with Crippen molar-refractivity contribution in [3.8, 4) is 69.2 Å². The Morgan fingerprint density at radius 2 is 0.949 bits per heavy atom. The van der Waals surface area contributed by atoms with E-state index < -0.39 is 29.6 Å². The Kier molecular flexibility index (Phi) is 31.0. The van der Waals surface area contributed by atoms with Gasteiger partial charge in [-0.05, 0) is 145 Å². The van der Waals surface area contributed by atoms with E-state index in [2.05, 4.69) is 64.5 Å². The van der Waals surface area contributed by atoms with Gasteiger partial charge in [0, 0.05) is 65.4 Å². The number of amides is 5. The van der Waals surface area contributed by atoms with Gasteiger partial charge >= 0.3 is 75.4 Å². The molecule has 4 heterocycles. The minimum Gasteiger partial charge on any atom is -0.850 e. The Balaban J connectivity index is 0.000000245. The van der Waals surface area contributed by atoms with Gasteiger partial charge in [-0.1, -0.05) is 57.2 Å². The Labute approximate surface area is 618 Å². The Morgan fingerprint density at radius 3 is 1.28 bits per heavy atom. The third kappa shape index (κ3) is 20.9. The monoisotopic (exact) mass is 1370 g/mol. The fourth-order valence-electron chi connectivity index (χ4n) is 10.6. The maximum atomic E-state index is 12.0. The molecular weight excluding hydrogens is 1290 g/mol. The van der Waals surface area contributed by atoms with Crippen LogP contribution in [0.25, 0.3) is 66.5 Å². The van der Waals surface area contributed by atoms with Crippen LogP contribution in [-0.2, 0) is 48.3 Å². The molecule has 0 bridgehead atoms. The van der Waals surface area contributed by atoms with Crippen LogP contribution in [-0.4, -0.2) is 108 Å². The van der Waals surface area contributed by atoms with Gasteiger partial charge in [0.05, 0.1) is 95.6 Å². The molecule has 1 aliphatic rings. The number of carbonyl (C=O) groups excluding carboxylic acids is 6. The fraction of sp³-hybridized carbons (Fsp3) is 0.311. The van der Waals surface area contributed by atoms with Gasteiger partial charge in [0.15, 0.2) is 0 Å². The summed E-state index contributed by atoms with van der Waals surface area (Å²) >= 11 is 0. The molecule has 10 rings (SSSR count). The van der Waals surface area contributed by atoms with Crippen LogP contribution in [0.1, 0.15) is 92.9 Å². The molecular formula is C74H81KN12O12. The number of nitrogen functional groups attached to an aromatic ring is 1. The number of anilines is 3. The van der Waals surface area contributed by atoms with E-state index in [1.54, 1.807) is 58.9 Å². The van der Waals surface area contributed by atoms with Crippen LogP contribution in [0.3, 0.4) is 0 Å². The van der Waals surface area contributed by atoms with E-state index >= 15 is 0 Å². The van der Waals surface area contributed by atoms with Crippen LogP contribution in [0.2, 0.25) is 0 Å². The van der Waals surface area contributed by atoms with Gasteiger partial charge in [-0.3, -0.25) is 14.4 Å². The number of ether oxygens (including phenoxy) is 5. The quantitative estimate of drug-likeness (QED) is 0.0138. The predicted octanol–water partition coefficient (Wildman–Crippen LogP) is 9.15. The van der Waals surface area contributed by atoms with Crippen molar-refractivity contribution in [1.29, 1.82) is 15.8 Å². The largest absolute Gasteiger partial charge is 1.00 e. The van der Waals surface area contributed by atoms with Crippen LogP contribution in [0.5, 0.6) is 17.2 Å². The number of carbonyl (C=O) groups is 5. The minimum absolute atomic E-state index is 0. The molecule has 5 N–H and O–H groups in total. The molecule has 1 fully saturated rings. The molecule has 0 atom stereocenters. The van der Waals surface area contributed by atoms with E-state index in [1.165, 1.54) is 6.08 Å². The number of imide groups is 1. The summed E-state index contributed by atoms with van der Waals surface area (Å²) in [4.78, 5) is 71.0. The molecule has 0 saturated carbocycles. The van der Waals surface area contributed by atoms with Crippen LogP contribution in [0, 0.1) is 34.0 Å². The van der Waals surface area contributed by atoms with E-state index in [1.807, 2.05) is 138 Å². The standard InChI is InChI=1S/C24H26N4O4.C22H20N4O3.C19H19N3O.C5H7NO3.C4H9O.K/c1-4-28-21-13-18(31-5-2)11-12-19(21)20(14-25)23(28)16-7-9-17(10-8-16)27-24(30)26-15-22(29)32-6-3;1-3-25-19-11-16(29-4-2)9-10-17(19)18(12-23)21(25)14-5-7-15(8-6-14)26-20(27)13-24-22(26)28;1-3-22-18-11-15(23-4-2)9-10-16(18)17(12-20)19(22)13-5-7-14(21)8-6-13;1-2-9-5(8)3-6-4-7;1-4(2,3)5;/h7-13H,4-6,15H2,1-3H3,(H2,26,27,30);5-11H,3-4,13H2,1-2H3,(H,24,28);5-11H,3-4,21H2,1-2H3;2-3H2,1H3;1-3H3;/q;;;;-1;+1. The second kappa shape index (κ2) is 38.6. The normalized spacial score (nSPS) is 11.1. The molecule has 0 aliphatic carbocycles. The molecule has 24 nitrogen and oxygen atoms in total. The number of aromatic nitrogens is 3. The SMILES string of the molecule is CC(C)(C)[O-].CCOC(=O)CN=C=O.CCOC(=O)CNC(=O)Nc1ccc(-c2c(C#N)c3ccc(OCC)cc3n2CC)cc1.CCOc1ccc2c(C#N)c(-c3ccc(N)cc3)n(CC)c2c1.CCOc1ccc2c(C#N)c(-c3ccc(N4C(=O)CNC4=O)cc3)n(CC)c2c1.[K+]. The zero-order chi connectivity index (χ0) is 71.6. The number of nitriles is 3. The molecule has 0 unspecified atom stereocenters. The summed E-state index contributed by atoms with van der Waals surface area (Å²) in [5, 5.41) is 49.9. The van der Waals surface area contributed by atoms with Crippen LogP contribution < -0.4 is 97.3 Å².